The van der Waals surface area contributed by atoms with Crippen molar-refractivity contribution in [3.63, 3.8) is 0 Å². The molecular weight excluding hydrogens is 951 g/mol. The van der Waals surface area contributed by atoms with Crippen molar-refractivity contribution < 1.29 is 6.85 Å². The first kappa shape index (κ1) is 40.3. The molecule has 3 aliphatic carbocycles. The van der Waals surface area contributed by atoms with Gasteiger partial charge in [0.15, 0.2) is 19.7 Å². The third-order valence-corrected chi connectivity index (χ3v) is 25.0. The molecule has 11 aromatic carbocycles. The van der Waals surface area contributed by atoms with E-state index in [1.807, 2.05) is 54.6 Å². The quantitative estimate of drug-likeness (QED) is 0.0957. The maximum atomic E-state index is 9.89. The summed E-state index contributed by atoms with van der Waals surface area (Å²) in [5.74, 6) is 0.644. The number of aromatic nitrogens is 3. The van der Waals surface area contributed by atoms with Crippen molar-refractivity contribution in [2.75, 3.05) is 0 Å². The lowest BCUT2D eigenvalue weighted by atomic mass is 9.60. The van der Waals surface area contributed by atoms with E-state index in [1.54, 1.807) is 0 Å². The lowest BCUT2D eigenvalue weighted by molar-refractivity contribution is 0.760. The molecule has 0 aliphatic heterocycles. The van der Waals surface area contributed by atoms with E-state index in [2.05, 4.69) is 212 Å². The summed E-state index contributed by atoms with van der Waals surface area (Å²) in [4.78, 5) is 16.9. The van der Waals surface area contributed by atoms with Crippen molar-refractivity contribution in [2.45, 2.75) is 11.8 Å². The maximum Gasteiger partial charge on any atom is 0.226 e. The molecule has 0 spiro atoms. The average molecular weight is 1010 g/mol. The molecule has 2 bridgehead atoms. The van der Waals surface area contributed by atoms with Gasteiger partial charge in [0, 0.05) is 23.0 Å². The van der Waals surface area contributed by atoms with Crippen LogP contribution in [0.5, 0.6) is 0 Å². The molecule has 15 rings (SSSR count). The first-order valence-corrected chi connectivity index (χ1v) is 29.9. The van der Waals surface area contributed by atoms with Crippen LogP contribution in [0.25, 0.3) is 33.9 Å². The van der Waals surface area contributed by atoms with Gasteiger partial charge in [-0.15, -0.1) is 0 Å². The van der Waals surface area contributed by atoms with E-state index in [9.17, 15) is 5.48 Å². The second kappa shape index (κ2) is 19.0. The molecule has 358 valence electrons. The Morgan fingerprint density at radius 1 is 0.289 bits per heavy atom. The summed E-state index contributed by atoms with van der Waals surface area (Å²) in [7, 11) is -7.15. The lowest BCUT2D eigenvalue weighted by Gasteiger charge is -2.47. The molecule has 3 nitrogen and oxygen atoms in total. The number of rotatable bonds is 11. The molecule has 1 heterocycles. The van der Waals surface area contributed by atoms with Crippen molar-refractivity contribution in [2.24, 2.45) is 0 Å². The Kier molecular flexibility index (Phi) is 10.1. The molecule has 0 fully saturated rings. The van der Waals surface area contributed by atoms with Gasteiger partial charge < -0.3 is 0 Å². The molecule has 5 heteroatoms. The molecule has 76 heavy (non-hydrogen) atoms. The summed E-state index contributed by atoms with van der Waals surface area (Å²) >= 11 is 0. The fraction of sp³-hybridized carbons (Fsp3) is 0.0282. The number of benzene rings is 11. The molecule has 1 aromatic heterocycles. The van der Waals surface area contributed by atoms with E-state index in [1.165, 1.54) is 16.7 Å². The summed E-state index contributed by atoms with van der Waals surface area (Å²) < 4.78 is 47.1. The van der Waals surface area contributed by atoms with Gasteiger partial charge in [-0.05, 0) is 80.8 Å². The van der Waals surface area contributed by atoms with Gasteiger partial charge in [-0.3, -0.25) is 0 Å². The Bertz CT molecular complexity index is 4200. The van der Waals surface area contributed by atoms with E-state index in [0.29, 0.717) is 16.8 Å². The largest absolute Gasteiger partial charge is 0.226 e. The minimum atomic E-state index is -3.86. The van der Waals surface area contributed by atoms with Gasteiger partial charge in [0.25, 0.3) is 0 Å². The molecular formula is C71H51N3Si2. The third kappa shape index (κ3) is 7.11. The predicted molar refractivity (Wildman–Crippen MR) is 318 cm³/mol. The van der Waals surface area contributed by atoms with Crippen LogP contribution in [0.1, 0.15) is 52.1 Å². The van der Waals surface area contributed by atoms with Gasteiger partial charge in [0.1, 0.15) is 5.45 Å². The molecule has 2 unspecified atom stereocenters. The fourth-order valence-electron chi connectivity index (χ4n) is 12.8. The van der Waals surface area contributed by atoms with Crippen LogP contribution in [0.3, 0.4) is 0 Å². The second-order valence-corrected chi connectivity index (χ2v) is 27.0. The molecule has 2 atom stereocenters. The van der Waals surface area contributed by atoms with Gasteiger partial charge in [-0.25, -0.2) is 15.0 Å². The van der Waals surface area contributed by atoms with E-state index >= 15 is 0 Å². The highest BCUT2D eigenvalue weighted by Gasteiger charge is 2.50. The zero-order chi connectivity index (χ0) is 54.8. The smallest absolute Gasteiger partial charge is 0.217 e. The normalized spacial score (nSPS) is 15.2. The monoisotopic (exact) mass is 1010 g/mol. The standard InChI is InChI=1S/C71H51N3Si2/c1-8-28-50(29-9-1)69-72-70(74-71(73-69)76(54-36-16-5-17-37-54,55-38-18-6-19-39-55)56-40-20-7-21-41-56)61-45-25-22-42-57(61)58-46-26-47-62-65-59-43-23-24-44-60(59)68(66(58)62)67-63(65)48-27-49-64(67)75(51-30-10-2-11-31-51,52-32-12-3-13-33-52)53-34-14-4-15-35-53/h1-49,65,68H/i2D,10D,11D,30D,31D. The van der Waals surface area contributed by atoms with E-state index in [-0.39, 0.29) is 36.0 Å². The van der Waals surface area contributed by atoms with Crippen LogP contribution in [0.15, 0.2) is 297 Å². The van der Waals surface area contributed by atoms with Crippen LogP contribution < -0.4 is 41.8 Å². The Labute approximate surface area is 453 Å². The Morgan fingerprint density at radius 2 is 0.697 bits per heavy atom. The molecule has 12 aromatic rings. The van der Waals surface area contributed by atoms with Gasteiger partial charge in [0.2, 0.25) is 8.07 Å². The Balaban J connectivity index is 1.06. The van der Waals surface area contributed by atoms with Crippen LogP contribution in [-0.2, 0) is 0 Å². The second-order valence-electron chi connectivity index (χ2n) is 19.7. The van der Waals surface area contributed by atoms with E-state index in [0.717, 1.165) is 75.5 Å². The number of nitrogens with zero attached hydrogens (tertiary/aromatic N) is 3. The summed E-state index contributed by atoms with van der Waals surface area (Å²) in [5, 5.41) is 6.66. The van der Waals surface area contributed by atoms with Gasteiger partial charge in [0.05, 0.1) is 6.85 Å². The minimum absolute atomic E-state index is 0.177. The molecule has 0 amide bonds. The van der Waals surface area contributed by atoms with Crippen LogP contribution in [-0.4, -0.2) is 31.1 Å². The maximum absolute atomic E-state index is 9.89. The molecule has 0 saturated heterocycles. The van der Waals surface area contributed by atoms with Crippen LogP contribution >= 0.6 is 0 Å². The van der Waals surface area contributed by atoms with Crippen molar-refractivity contribution in [1.29, 1.82) is 0 Å². The highest BCUT2D eigenvalue weighted by Crippen LogP contribution is 2.58. The topological polar surface area (TPSA) is 38.7 Å². The van der Waals surface area contributed by atoms with Crippen LogP contribution in [0, 0.1) is 0 Å². The van der Waals surface area contributed by atoms with Crippen molar-refractivity contribution in [3.8, 4) is 33.9 Å². The number of hydrogen-bond acceptors (Lipinski definition) is 3. The van der Waals surface area contributed by atoms with E-state index < -0.39 is 22.2 Å². The highest BCUT2D eigenvalue weighted by molar-refractivity contribution is 7.20. The summed E-state index contributed by atoms with van der Waals surface area (Å²) in [6, 6.07) is 92.1. The minimum Gasteiger partial charge on any atom is -0.217 e. The lowest BCUT2D eigenvalue weighted by Crippen LogP contribution is -2.76. The van der Waals surface area contributed by atoms with Crippen molar-refractivity contribution in [3.05, 3.63) is 331 Å². The zero-order valence-corrected chi connectivity index (χ0v) is 43.4. The molecule has 0 N–H and O–H groups in total. The highest BCUT2D eigenvalue weighted by atomic mass is 28.3. The fourth-order valence-corrected chi connectivity index (χ4v) is 22.0. The van der Waals surface area contributed by atoms with Gasteiger partial charge in [-0.1, -0.05) is 297 Å². The third-order valence-electron chi connectivity index (χ3n) is 15.9. The first-order valence-electron chi connectivity index (χ1n) is 28.4. The first-order chi connectivity index (χ1) is 39.8. The van der Waals surface area contributed by atoms with Gasteiger partial charge >= 0.3 is 0 Å². The van der Waals surface area contributed by atoms with Crippen molar-refractivity contribution in [1.82, 2.24) is 15.0 Å². The van der Waals surface area contributed by atoms with Crippen LogP contribution in [0.4, 0.5) is 0 Å². The summed E-state index contributed by atoms with van der Waals surface area (Å²) in [5.41, 5.74) is 11.5. The zero-order valence-electron chi connectivity index (χ0n) is 46.4. The summed E-state index contributed by atoms with van der Waals surface area (Å²) in [6.07, 6.45) is 0. The molecule has 0 saturated carbocycles. The van der Waals surface area contributed by atoms with Crippen LogP contribution in [0.2, 0.25) is 0 Å². The molecule has 3 aliphatic rings. The Hall–Kier alpha value is -9.14. The predicted octanol–water partition coefficient (Wildman–Crippen LogP) is 10.6. The average Bonchev–Trinajstić information content (AvgIpc) is 1.45. The Morgan fingerprint density at radius 3 is 1.25 bits per heavy atom. The van der Waals surface area contributed by atoms with E-state index in [4.69, 9.17) is 16.3 Å². The molecule has 0 radical (unpaired) electrons. The summed E-state index contributed by atoms with van der Waals surface area (Å²) in [6.45, 7) is 0. The number of hydrogen-bond donors (Lipinski definition) is 0. The van der Waals surface area contributed by atoms with Crippen molar-refractivity contribution >= 4 is 57.9 Å². The van der Waals surface area contributed by atoms with Gasteiger partial charge in [-0.2, -0.15) is 0 Å². The SMILES string of the molecule is [2H]c1c([2H])c([2H])c([Si](c2ccccc2)(c2ccccc2)c2cccc3c2C2c4ccccc4C3c3cccc(-c4ccccc4-c4nc(-c5ccccc5)nc([Si](c5ccccc5)(c5ccccc5)c5ccccc5)n4)c32)c([2H])c1[2H].